The summed E-state index contributed by atoms with van der Waals surface area (Å²) in [6.07, 6.45) is -1.28. The number of hydrogen-bond donors (Lipinski definition) is 3. The topological polar surface area (TPSA) is 93.6 Å². The molecule has 1 aliphatic rings. The Morgan fingerprint density at radius 3 is 2.33 bits per heavy atom. The highest BCUT2D eigenvalue weighted by Gasteiger charge is 2.34. The molecule has 1 aromatic heterocycles. The molecule has 0 saturated carbocycles. The quantitative estimate of drug-likeness (QED) is 0.648. The molecule has 3 rings (SSSR count). The molecule has 162 valence electrons. The van der Waals surface area contributed by atoms with E-state index in [4.69, 9.17) is 23.2 Å². The van der Waals surface area contributed by atoms with Gasteiger partial charge >= 0.3 is 0 Å². The van der Waals surface area contributed by atoms with Crippen LogP contribution in [0.3, 0.4) is 0 Å². The summed E-state index contributed by atoms with van der Waals surface area (Å²) in [6, 6.07) is 3.50. The fourth-order valence-electron chi connectivity index (χ4n) is 4.24. The number of rotatable bonds is 5. The van der Waals surface area contributed by atoms with Crippen molar-refractivity contribution in [1.82, 2.24) is 9.88 Å². The smallest absolute Gasteiger partial charge is 0.256 e. The summed E-state index contributed by atoms with van der Waals surface area (Å²) in [5.74, 6) is -1.01. The maximum absolute atomic E-state index is 13.3. The third-order valence-corrected chi connectivity index (χ3v) is 6.46. The van der Waals surface area contributed by atoms with Gasteiger partial charge in [0.1, 0.15) is 0 Å². The van der Waals surface area contributed by atoms with Gasteiger partial charge in [0, 0.05) is 28.7 Å². The van der Waals surface area contributed by atoms with E-state index in [1.165, 1.54) is 0 Å². The second-order valence-electron chi connectivity index (χ2n) is 8.04. The van der Waals surface area contributed by atoms with Crippen molar-refractivity contribution in [3.8, 4) is 0 Å². The van der Waals surface area contributed by atoms with E-state index in [-0.39, 0.29) is 28.6 Å². The summed E-state index contributed by atoms with van der Waals surface area (Å²) in [5, 5.41) is 20.9. The normalized spacial score (nSPS) is 16.0. The summed E-state index contributed by atoms with van der Waals surface area (Å²) >= 11 is 13.1. The first-order chi connectivity index (χ1) is 14.0. The summed E-state index contributed by atoms with van der Waals surface area (Å²) in [6.45, 7) is 7.34. The fourth-order valence-corrected chi connectivity index (χ4v) is 4.92. The predicted octanol–water partition coefficient (Wildman–Crippen LogP) is 3.34. The molecule has 0 saturated heterocycles. The van der Waals surface area contributed by atoms with Crippen LogP contribution in [0.5, 0.6) is 0 Å². The SMILES string of the molecule is Cc1cc(C)c(CN2CCc3c(Cl)cc(C([C@@H](C)O)[C@@H](C)O)c(Cl)c3C2=O)c(=O)[nH]1. The number of aliphatic hydroxyl groups excluding tert-OH is 2. The minimum atomic E-state index is -0.889. The maximum Gasteiger partial charge on any atom is 0.256 e. The number of amides is 1. The van der Waals surface area contributed by atoms with Crippen LogP contribution in [-0.2, 0) is 13.0 Å². The minimum absolute atomic E-state index is 0.161. The van der Waals surface area contributed by atoms with Gasteiger partial charge in [-0.25, -0.2) is 0 Å². The van der Waals surface area contributed by atoms with E-state index in [2.05, 4.69) is 4.98 Å². The standard InChI is InChI=1S/C22H26Cl2N2O4/c1-10-7-11(2)25-21(29)16(10)9-26-6-5-14-17(23)8-15(18(12(3)27)13(4)28)20(24)19(14)22(26)30/h7-8,12-13,18,27-28H,5-6,9H2,1-4H3,(H,25,29)/t12-,13-/m1/s1. The summed E-state index contributed by atoms with van der Waals surface area (Å²) in [4.78, 5) is 30.1. The number of fused-ring (bicyclic) bond motifs is 1. The molecule has 0 bridgehead atoms. The maximum atomic E-state index is 13.3. The molecule has 1 aromatic carbocycles. The zero-order valence-electron chi connectivity index (χ0n) is 17.4. The minimum Gasteiger partial charge on any atom is -0.393 e. The number of nitrogens with one attached hydrogen (secondary N) is 1. The number of aryl methyl sites for hydroxylation is 2. The van der Waals surface area contributed by atoms with Gasteiger partial charge in [0.2, 0.25) is 0 Å². The molecular weight excluding hydrogens is 427 g/mol. The Labute approximate surface area is 185 Å². The number of aromatic amines is 1. The second-order valence-corrected chi connectivity index (χ2v) is 8.83. The molecule has 0 radical (unpaired) electrons. The fraction of sp³-hybridized carbons (Fsp3) is 0.455. The first-order valence-corrected chi connectivity index (χ1v) is 10.6. The highest BCUT2D eigenvalue weighted by Crippen LogP contribution is 2.40. The van der Waals surface area contributed by atoms with Crippen molar-refractivity contribution < 1.29 is 15.0 Å². The lowest BCUT2D eigenvalue weighted by Gasteiger charge is -2.32. The predicted molar refractivity (Wildman–Crippen MR) is 118 cm³/mol. The molecule has 1 aliphatic heterocycles. The highest BCUT2D eigenvalue weighted by atomic mass is 35.5. The number of H-pyrrole nitrogens is 1. The first-order valence-electron chi connectivity index (χ1n) is 9.88. The van der Waals surface area contributed by atoms with Crippen molar-refractivity contribution in [2.75, 3.05) is 6.54 Å². The van der Waals surface area contributed by atoms with E-state index in [0.717, 1.165) is 11.3 Å². The van der Waals surface area contributed by atoms with Gasteiger partial charge < -0.3 is 20.1 Å². The zero-order valence-corrected chi connectivity index (χ0v) is 18.9. The van der Waals surface area contributed by atoms with Gasteiger partial charge in [-0.1, -0.05) is 23.2 Å². The van der Waals surface area contributed by atoms with Crippen molar-refractivity contribution >= 4 is 29.1 Å². The number of hydrogen-bond acceptors (Lipinski definition) is 4. The molecule has 0 aliphatic carbocycles. The Hall–Kier alpha value is -1.86. The van der Waals surface area contributed by atoms with Crippen LogP contribution in [0.1, 0.15) is 58.1 Å². The molecule has 1 amide bonds. The van der Waals surface area contributed by atoms with Gasteiger partial charge in [0.25, 0.3) is 11.5 Å². The number of aliphatic hydroxyl groups is 2. The van der Waals surface area contributed by atoms with E-state index in [9.17, 15) is 19.8 Å². The lowest BCUT2D eigenvalue weighted by molar-refractivity contribution is 0.0702. The molecule has 6 nitrogen and oxygen atoms in total. The Balaban J connectivity index is 2.05. The van der Waals surface area contributed by atoms with Crippen LogP contribution >= 0.6 is 23.2 Å². The highest BCUT2D eigenvalue weighted by molar-refractivity contribution is 6.37. The number of nitrogens with zero attached hydrogens (tertiary/aromatic N) is 1. The van der Waals surface area contributed by atoms with E-state index < -0.39 is 18.1 Å². The van der Waals surface area contributed by atoms with Gasteiger partial charge in [0.15, 0.2) is 0 Å². The molecule has 30 heavy (non-hydrogen) atoms. The van der Waals surface area contributed by atoms with Crippen molar-refractivity contribution in [2.24, 2.45) is 0 Å². The van der Waals surface area contributed by atoms with Gasteiger partial charge in [-0.05, 0) is 62.9 Å². The van der Waals surface area contributed by atoms with Crippen LogP contribution in [0.4, 0.5) is 0 Å². The Kier molecular flexibility index (Phi) is 6.63. The summed E-state index contributed by atoms with van der Waals surface area (Å²) in [7, 11) is 0. The number of carbonyl (C=O) groups excluding carboxylic acids is 1. The number of halogens is 2. The monoisotopic (exact) mass is 452 g/mol. The molecule has 8 heteroatoms. The van der Waals surface area contributed by atoms with Crippen LogP contribution in [-0.4, -0.2) is 44.8 Å². The Morgan fingerprint density at radius 2 is 1.77 bits per heavy atom. The van der Waals surface area contributed by atoms with Crippen LogP contribution < -0.4 is 5.56 Å². The average Bonchev–Trinajstić information content (AvgIpc) is 2.62. The molecule has 2 atom stereocenters. The third-order valence-electron chi connectivity index (χ3n) is 5.72. The van der Waals surface area contributed by atoms with Crippen molar-refractivity contribution in [1.29, 1.82) is 0 Å². The van der Waals surface area contributed by atoms with Crippen LogP contribution in [0.15, 0.2) is 16.9 Å². The lowest BCUT2D eigenvalue weighted by atomic mass is 9.86. The molecule has 0 spiro atoms. The zero-order chi connectivity index (χ0) is 22.3. The van der Waals surface area contributed by atoms with Crippen LogP contribution in [0.25, 0.3) is 0 Å². The lowest BCUT2D eigenvalue weighted by Crippen LogP contribution is -2.39. The first kappa shape index (κ1) is 22.8. The van der Waals surface area contributed by atoms with Crippen molar-refractivity contribution in [3.63, 3.8) is 0 Å². The second kappa shape index (κ2) is 8.71. The molecule has 3 N–H and O–H groups in total. The summed E-state index contributed by atoms with van der Waals surface area (Å²) in [5.41, 5.74) is 3.25. The largest absolute Gasteiger partial charge is 0.393 e. The van der Waals surface area contributed by atoms with E-state index in [1.807, 2.05) is 19.9 Å². The number of benzene rings is 1. The Bertz CT molecular complexity index is 1040. The van der Waals surface area contributed by atoms with E-state index >= 15 is 0 Å². The number of pyridine rings is 1. The molecule has 0 fully saturated rings. The van der Waals surface area contributed by atoms with Crippen LogP contribution in [0, 0.1) is 13.8 Å². The van der Waals surface area contributed by atoms with Gasteiger partial charge in [-0.2, -0.15) is 0 Å². The molecule has 2 aromatic rings. The van der Waals surface area contributed by atoms with E-state index in [0.29, 0.717) is 34.7 Å². The summed E-state index contributed by atoms with van der Waals surface area (Å²) < 4.78 is 0. The number of aromatic nitrogens is 1. The molecule has 0 unspecified atom stereocenters. The molecular formula is C22H26Cl2N2O4. The van der Waals surface area contributed by atoms with Crippen LogP contribution in [0.2, 0.25) is 10.0 Å². The van der Waals surface area contributed by atoms with Gasteiger partial charge in [-0.3, -0.25) is 9.59 Å². The van der Waals surface area contributed by atoms with Gasteiger partial charge in [0.05, 0.1) is 29.3 Å². The van der Waals surface area contributed by atoms with Gasteiger partial charge in [-0.15, -0.1) is 0 Å². The number of carbonyl (C=O) groups is 1. The average molecular weight is 453 g/mol. The van der Waals surface area contributed by atoms with Crippen molar-refractivity contribution in [2.45, 2.75) is 58.8 Å². The Morgan fingerprint density at radius 1 is 1.13 bits per heavy atom. The molecule has 2 heterocycles. The third kappa shape index (κ3) is 4.14. The van der Waals surface area contributed by atoms with Crippen molar-refractivity contribution in [3.05, 3.63) is 66.0 Å². The van der Waals surface area contributed by atoms with E-state index in [1.54, 1.807) is 24.8 Å².